The van der Waals surface area contributed by atoms with Crippen LogP contribution in [0.3, 0.4) is 0 Å². The molecular formula is C26H29Cl2N7O. The van der Waals surface area contributed by atoms with E-state index >= 15 is 0 Å². The third-order valence-electron chi connectivity index (χ3n) is 6.61. The lowest BCUT2D eigenvalue weighted by molar-refractivity contribution is 0.0655. The van der Waals surface area contributed by atoms with Crippen molar-refractivity contribution in [2.75, 3.05) is 39.0 Å². The fourth-order valence-electron chi connectivity index (χ4n) is 4.92. The number of piperidine rings is 1. The molecule has 10 heteroatoms. The maximum Gasteiger partial charge on any atom is 0.255 e. The minimum Gasteiger partial charge on any atom is -0.360 e. The summed E-state index contributed by atoms with van der Waals surface area (Å²) in [6.45, 7) is 4.44. The smallest absolute Gasteiger partial charge is 0.255 e. The lowest BCUT2D eigenvalue weighted by Crippen LogP contribution is -2.42. The summed E-state index contributed by atoms with van der Waals surface area (Å²) in [5.74, 6) is 1.80. The van der Waals surface area contributed by atoms with Gasteiger partial charge in [-0.25, -0.2) is 15.0 Å². The van der Waals surface area contributed by atoms with Gasteiger partial charge in [-0.15, -0.1) is 0 Å². The van der Waals surface area contributed by atoms with Crippen LogP contribution < -0.4 is 5.32 Å². The van der Waals surface area contributed by atoms with Crippen LogP contribution in [0.2, 0.25) is 10.0 Å². The second-order valence-corrected chi connectivity index (χ2v) is 10.6. The van der Waals surface area contributed by atoms with Gasteiger partial charge in [0, 0.05) is 30.0 Å². The maximum absolute atomic E-state index is 13.4. The van der Waals surface area contributed by atoms with E-state index in [1.807, 2.05) is 30.0 Å². The topological polar surface area (TPSA) is 90.0 Å². The van der Waals surface area contributed by atoms with Gasteiger partial charge in [0.15, 0.2) is 0 Å². The molecule has 5 rings (SSSR count). The fourth-order valence-corrected chi connectivity index (χ4v) is 5.34. The predicted octanol–water partition coefficient (Wildman–Crippen LogP) is 5.40. The van der Waals surface area contributed by atoms with E-state index < -0.39 is 0 Å². The molecule has 0 radical (unpaired) electrons. The van der Waals surface area contributed by atoms with Crippen LogP contribution in [0.5, 0.6) is 0 Å². The lowest BCUT2D eigenvalue weighted by atomic mass is 9.97. The molecule has 3 heterocycles. The van der Waals surface area contributed by atoms with E-state index in [1.165, 1.54) is 6.33 Å². The van der Waals surface area contributed by atoms with Gasteiger partial charge in [-0.2, -0.15) is 0 Å². The van der Waals surface area contributed by atoms with Crippen molar-refractivity contribution in [2.45, 2.75) is 25.8 Å². The Bertz CT molecular complexity index is 1420. The zero-order chi connectivity index (χ0) is 25.4. The fraction of sp³-hybridized carbons (Fsp3) is 0.385. The molecule has 1 saturated heterocycles. The number of imidazole rings is 1. The number of carbonyl (C=O) groups is 1. The van der Waals surface area contributed by atoms with Crippen LogP contribution in [0.15, 0.2) is 36.7 Å². The Balaban J connectivity index is 1.39. The molecule has 1 aliphatic heterocycles. The van der Waals surface area contributed by atoms with Crippen molar-refractivity contribution in [1.82, 2.24) is 29.7 Å². The molecule has 8 nitrogen and oxygen atoms in total. The van der Waals surface area contributed by atoms with Crippen LogP contribution in [0.1, 0.15) is 42.0 Å². The first-order valence-corrected chi connectivity index (χ1v) is 12.8. The number of rotatable bonds is 6. The quantitative estimate of drug-likeness (QED) is 0.350. The molecule has 2 aromatic heterocycles. The molecule has 2 N–H and O–H groups in total. The van der Waals surface area contributed by atoms with Gasteiger partial charge < -0.3 is 20.1 Å². The minimum absolute atomic E-state index is 0.0483. The van der Waals surface area contributed by atoms with E-state index in [4.69, 9.17) is 23.2 Å². The van der Waals surface area contributed by atoms with E-state index in [0.717, 1.165) is 54.7 Å². The van der Waals surface area contributed by atoms with Crippen LogP contribution in [0.25, 0.3) is 21.9 Å². The van der Waals surface area contributed by atoms with Crippen molar-refractivity contribution in [2.24, 2.45) is 5.92 Å². The molecule has 2 aromatic carbocycles. The summed E-state index contributed by atoms with van der Waals surface area (Å²) in [4.78, 5) is 34.3. The Morgan fingerprint density at radius 1 is 1.22 bits per heavy atom. The number of H-pyrrole nitrogens is 1. The highest BCUT2D eigenvalue weighted by Gasteiger charge is 2.27. The molecule has 188 valence electrons. The molecule has 1 aliphatic rings. The molecular weight excluding hydrogens is 497 g/mol. The van der Waals surface area contributed by atoms with Crippen molar-refractivity contribution < 1.29 is 4.79 Å². The van der Waals surface area contributed by atoms with Crippen molar-refractivity contribution in [3.63, 3.8) is 0 Å². The van der Waals surface area contributed by atoms with E-state index in [9.17, 15) is 4.79 Å². The van der Waals surface area contributed by atoms with Gasteiger partial charge >= 0.3 is 0 Å². The summed E-state index contributed by atoms with van der Waals surface area (Å²) in [6, 6.07) is 8.93. The Hall–Kier alpha value is -2.94. The number of hydrogen-bond acceptors (Lipinski definition) is 6. The number of amides is 1. The molecule has 0 bridgehead atoms. The highest BCUT2D eigenvalue weighted by Crippen LogP contribution is 2.31. The van der Waals surface area contributed by atoms with Crippen molar-refractivity contribution in [1.29, 1.82) is 0 Å². The van der Waals surface area contributed by atoms with Gasteiger partial charge in [-0.1, -0.05) is 23.2 Å². The second-order valence-electron chi connectivity index (χ2n) is 9.74. The van der Waals surface area contributed by atoms with Gasteiger partial charge in [0.05, 0.1) is 33.2 Å². The first kappa shape index (κ1) is 24.7. The maximum atomic E-state index is 13.4. The van der Waals surface area contributed by atoms with Gasteiger partial charge in [0.25, 0.3) is 5.91 Å². The highest BCUT2D eigenvalue weighted by molar-refractivity contribution is 6.35. The number of benzene rings is 2. The molecule has 0 saturated carbocycles. The SMILES string of the molecule is CC(Nc1ncnc2cc(C(=O)N3CCCC(CN(C)C)C3)c(Cl)cc12)c1nc2ccc(Cl)cc2[nH]1. The molecule has 4 aromatic rings. The average Bonchev–Trinajstić information content (AvgIpc) is 3.27. The summed E-state index contributed by atoms with van der Waals surface area (Å²) in [5, 5.41) is 5.19. The van der Waals surface area contributed by atoms with E-state index in [1.54, 1.807) is 12.1 Å². The van der Waals surface area contributed by atoms with Crippen LogP contribution in [0.4, 0.5) is 5.82 Å². The monoisotopic (exact) mass is 525 g/mol. The van der Waals surface area contributed by atoms with Crippen molar-refractivity contribution in [3.05, 3.63) is 58.1 Å². The number of fused-ring (bicyclic) bond motifs is 2. The molecule has 1 fully saturated rings. The summed E-state index contributed by atoms with van der Waals surface area (Å²) in [6.07, 6.45) is 3.62. The van der Waals surface area contributed by atoms with Crippen LogP contribution >= 0.6 is 23.2 Å². The number of carbonyl (C=O) groups excluding carboxylic acids is 1. The number of aromatic amines is 1. The molecule has 2 atom stereocenters. The zero-order valence-corrected chi connectivity index (χ0v) is 22.1. The third-order valence-corrected chi connectivity index (χ3v) is 7.16. The minimum atomic E-state index is -0.170. The molecule has 36 heavy (non-hydrogen) atoms. The number of anilines is 1. The standard InChI is InChI=1S/C26H29Cl2N7O/c1-15(24-32-21-7-6-17(27)9-23(21)33-24)31-25-19-10-20(28)18(11-22(19)29-14-30-25)26(36)35-8-4-5-16(13-35)12-34(2)3/h6-7,9-11,14-16H,4-5,8,12-13H2,1-3H3,(H,32,33)(H,29,30,31). The predicted molar refractivity (Wildman–Crippen MR) is 145 cm³/mol. The van der Waals surface area contributed by atoms with Gasteiger partial charge in [-0.05, 0) is 70.1 Å². The summed E-state index contributed by atoms with van der Waals surface area (Å²) >= 11 is 12.8. The second kappa shape index (κ2) is 10.2. The summed E-state index contributed by atoms with van der Waals surface area (Å²) in [5.41, 5.74) is 2.84. The number of aromatic nitrogens is 4. The number of nitrogens with zero attached hydrogens (tertiary/aromatic N) is 5. The summed E-state index contributed by atoms with van der Waals surface area (Å²) in [7, 11) is 4.13. The molecule has 0 spiro atoms. The number of hydrogen-bond donors (Lipinski definition) is 2. The highest BCUT2D eigenvalue weighted by atomic mass is 35.5. The van der Waals surface area contributed by atoms with Gasteiger partial charge in [0.1, 0.15) is 18.0 Å². The van der Waals surface area contributed by atoms with E-state index in [2.05, 4.69) is 44.2 Å². The Kier molecular flexibility index (Phi) is 7.01. The number of nitrogens with one attached hydrogen (secondary N) is 2. The first-order valence-electron chi connectivity index (χ1n) is 12.1. The van der Waals surface area contributed by atoms with Crippen LogP contribution in [-0.4, -0.2) is 69.4 Å². The lowest BCUT2D eigenvalue weighted by Gasteiger charge is -2.34. The average molecular weight is 526 g/mol. The van der Waals surface area contributed by atoms with Crippen LogP contribution in [0, 0.1) is 5.92 Å². The zero-order valence-electron chi connectivity index (χ0n) is 20.6. The molecule has 0 aliphatic carbocycles. The largest absolute Gasteiger partial charge is 0.360 e. The first-order chi connectivity index (χ1) is 17.3. The molecule has 2 unspecified atom stereocenters. The Labute approximate surface area is 220 Å². The van der Waals surface area contributed by atoms with E-state index in [-0.39, 0.29) is 11.9 Å². The number of likely N-dealkylation sites (tertiary alicyclic amines) is 1. The molecule has 1 amide bonds. The van der Waals surface area contributed by atoms with Gasteiger partial charge in [0.2, 0.25) is 0 Å². The van der Waals surface area contributed by atoms with Crippen molar-refractivity contribution >= 4 is 56.9 Å². The van der Waals surface area contributed by atoms with Crippen LogP contribution in [-0.2, 0) is 0 Å². The number of halogens is 2. The van der Waals surface area contributed by atoms with E-state index in [0.29, 0.717) is 32.9 Å². The van der Waals surface area contributed by atoms with Crippen molar-refractivity contribution in [3.8, 4) is 0 Å². The normalized spacial score (nSPS) is 17.2. The van der Waals surface area contributed by atoms with Gasteiger partial charge in [-0.3, -0.25) is 4.79 Å². The third kappa shape index (κ3) is 5.12. The summed E-state index contributed by atoms with van der Waals surface area (Å²) < 4.78 is 0. The Morgan fingerprint density at radius 3 is 2.86 bits per heavy atom. The Morgan fingerprint density at radius 2 is 2.06 bits per heavy atom.